The van der Waals surface area contributed by atoms with Gasteiger partial charge < -0.3 is 5.32 Å². The minimum atomic E-state index is -0.166. The van der Waals surface area contributed by atoms with Crippen LogP contribution in [0.25, 0.3) is 10.2 Å². The van der Waals surface area contributed by atoms with Gasteiger partial charge >= 0.3 is 0 Å². The molecule has 1 heterocycles. The number of fused-ring (bicyclic) bond motifs is 1. The number of para-hydroxylation sites is 1. The van der Waals surface area contributed by atoms with Gasteiger partial charge in [-0.25, -0.2) is 9.37 Å². The van der Waals surface area contributed by atoms with Gasteiger partial charge in [0.1, 0.15) is 5.82 Å². The molecule has 1 aromatic heterocycles. The molecule has 2 aromatic carbocycles. The van der Waals surface area contributed by atoms with E-state index >= 15 is 0 Å². The quantitative estimate of drug-likeness (QED) is 0.739. The first-order valence-electron chi connectivity index (χ1n) is 6.51. The molecular weight excluding hydrogens is 271 g/mol. The van der Waals surface area contributed by atoms with Crippen molar-refractivity contribution < 1.29 is 4.39 Å². The van der Waals surface area contributed by atoms with Crippen LogP contribution in [-0.2, 0) is 0 Å². The molecule has 2 nitrogen and oxygen atoms in total. The van der Waals surface area contributed by atoms with E-state index in [9.17, 15) is 4.39 Å². The Morgan fingerprint density at radius 1 is 1.20 bits per heavy atom. The van der Waals surface area contributed by atoms with Crippen LogP contribution in [0.15, 0.2) is 42.5 Å². The molecule has 0 aliphatic rings. The number of nitrogens with one attached hydrogen (secondary N) is 1. The highest BCUT2D eigenvalue weighted by atomic mass is 32.1. The molecule has 0 aliphatic heterocycles. The molecule has 0 bridgehead atoms. The number of aromatic nitrogens is 1. The third kappa shape index (κ3) is 2.51. The van der Waals surface area contributed by atoms with Gasteiger partial charge in [0, 0.05) is 0 Å². The lowest BCUT2D eigenvalue weighted by atomic mass is 10.1. The van der Waals surface area contributed by atoms with E-state index in [0.717, 1.165) is 20.9 Å². The molecule has 20 heavy (non-hydrogen) atoms. The molecule has 0 fully saturated rings. The summed E-state index contributed by atoms with van der Waals surface area (Å²) in [6.45, 7) is 3.78. The summed E-state index contributed by atoms with van der Waals surface area (Å²) < 4.78 is 14.8. The third-order valence-electron chi connectivity index (χ3n) is 3.33. The number of aryl methyl sites for hydroxylation is 1. The normalized spacial score (nSPS) is 12.6. The smallest absolute Gasteiger partial charge is 0.184 e. The summed E-state index contributed by atoms with van der Waals surface area (Å²) in [6.07, 6.45) is 0. The van der Waals surface area contributed by atoms with E-state index in [1.165, 1.54) is 0 Å². The van der Waals surface area contributed by atoms with Gasteiger partial charge in [-0.2, -0.15) is 0 Å². The zero-order chi connectivity index (χ0) is 14.1. The molecule has 102 valence electrons. The second kappa shape index (κ2) is 5.21. The molecule has 1 unspecified atom stereocenters. The molecular formula is C16H15FN2S. The number of thiazole rings is 1. The Labute approximate surface area is 121 Å². The molecule has 0 aliphatic carbocycles. The van der Waals surface area contributed by atoms with E-state index in [-0.39, 0.29) is 11.9 Å². The van der Waals surface area contributed by atoms with Crippen molar-refractivity contribution in [2.45, 2.75) is 19.9 Å². The largest absolute Gasteiger partial charge is 0.355 e. The zero-order valence-electron chi connectivity index (χ0n) is 11.4. The standard InChI is InChI=1S/C16H15FN2S/c1-10-7-8-12(9-13(10)17)11(2)18-16-19-14-5-3-4-6-15(14)20-16/h3-9,11H,1-2H3,(H,18,19). The molecule has 3 aromatic rings. The zero-order valence-corrected chi connectivity index (χ0v) is 12.2. The van der Waals surface area contributed by atoms with Gasteiger partial charge in [0.25, 0.3) is 0 Å². The van der Waals surface area contributed by atoms with Crippen molar-refractivity contribution in [1.29, 1.82) is 0 Å². The van der Waals surface area contributed by atoms with Crippen molar-refractivity contribution in [2.24, 2.45) is 0 Å². The van der Waals surface area contributed by atoms with Crippen molar-refractivity contribution in [3.05, 3.63) is 59.4 Å². The Morgan fingerprint density at radius 3 is 2.75 bits per heavy atom. The van der Waals surface area contributed by atoms with Crippen LogP contribution in [0, 0.1) is 12.7 Å². The maximum Gasteiger partial charge on any atom is 0.184 e. The lowest BCUT2D eigenvalue weighted by molar-refractivity contribution is 0.614. The van der Waals surface area contributed by atoms with Crippen LogP contribution in [0.3, 0.4) is 0 Å². The predicted octanol–water partition coefficient (Wildman–Crippen LogP) is 4.92. The van der Waals surface area contributed by atoms with Gasteiger partial charge in [0.15, 0.2) is 5.13 Å². The Kier molecular flexibility index (Phi) is 3.40. The maximum absolute atomic E-state index is 13.6. The average molecular weight is 286 g/mol. The first kappa shape index (κ1) is 13.1. The van der Waals surface area contributed by atoms with Gasteiger partial charge in [-0.15, -0.1) is 0 Å². The predicted molar refractivity (Wildman–Crippen MR) is 82.8 cm³/mol. The SMILES string of the molecule is Cc1ccc(C(C)Nc2nc3ccccc3s2)cc1F. The van der Waals surface area contributed by atoms with Gasteiger partial charge in [0.2, 0.25) is 0 Å². The first-order chi connectivity index (χ1) is 9.63. The molecule has 0 radical (unpaired) electrons. The minimum absolute atomic E-state index is 0.0191. The highest BCUT2D eigenvalue weighted by Gasteiger charge is 2.10. The fourth-order valence-corrected chi connectivity index (χ4v) is 3.03. The Morgan fingerprint density at radius 2 is 2.00 bits per heavy atom. The van der Waals surface area contributed by atoms with Crippen molar-refractivity contribution >= 4 is 26.7 Å². The molecule has 1 N–H and O–H groups in total. The maximum atomic E-state index is 13.6. The second-order valence-electron chi connectivity index (χ2n) is 4.86. The van der Waals surface area contributed by atoms with E-state index in [2.05, 4.69) is 10.3 Å². The fourth-order valence-electron chi connectivity index (χ4n) is 2.08. The van der Waals surface area contributed by atoms with Crippen molar-refractivity contribution in [2.75, 3.05) is 5.32 Å². The molecule has 1 atom stereocenters. The topological polar surface area (TPSA) is 24.9 Å². The Balaban J connectivity index is 1.84. The summed E-state index contributed by atoms with van der Waals surface area (Å²) in [5.41, 5.74) is 2.58. The second-order valence-corrected chi connectivity index (χ2v) is 5.89. The van der Waals surface area contributed by atoms with Crippen LogP contribution in [-0.4, -0.2) is 4.98 Å². The first-order valence-corrected chi connectivity index (χ1v) is 7.33. The van der Waals surface area contributed by atoms with Gasteiger partial charge in [-0.05, 0) is 43.2 Å². The highest BCUT2D eigenvalue weighted by Crippen LogP contribution is 2.28. The summed E-state index contributed by atoms with van der Waals surface area (Å²) in [6, 6.07) is 13.4. The Bertz CT molecular complexity index is 718. The number of halogens is 1. The van der Waals surface area contributed by atoms with E-state index in [4.69, 9.17) is 0 Å². The molecule has 0 amide bonds. The molecule has 0 spiro atoms. The van der Waals surface area contributed by atoms with Crippen LogP contribution in [0.4, 0.5) is 9.52 Å². The summed E-state index contributed by atoms with van der Waals surface area (Å²) in [5.74, 6) is -0.166. The average Bonchev–Trinajstić information content (AvgIpc) is 2.83. The number of hydrogen-bond donors (Lipinski definition) is 1. The fraction of sp³-hybridized carbons (Fsp3) is 0.188. The van der Waals surface area contributed by atoms with E-state index in [1.54, 1.807) is 30.4 Å². The lowest BCUT2D eigenvalue weighted by Crippen LogP contribution is -2.06. The summed E-state index contributed by atoms with van der Waals surface area (Å²) in [4.78, 5) is 4.53. The third-order valence-corrected chi connectivity index (χ3v) is 4.30. The number of anilines is 1. The number of benzene rings is 2. The molecule has 0 saturated heterocycles. The summed E-state index contributed by atoms with van der Waals surface area (Å²) in [5, 5.41) is 4.20. The van der Waals surface area contributed by atoms with Crippen LogP contribution in [0.1, 0.15) is 24.1 Å². The number of nitrogens with zero attached hydrogens (tertiary/aromatic N) is 1. The van der Waals surface area contributed by atoms with Crippen LogP contribution in [0.2, 0.25) is 0 Å². The molecule has 0 saturated carbocycles. The van der Waals surface area contributed by atoms with Gasteiger partial charge in [-0.1, -0.05) is 35.6 Å². The molecule has 4 heteroatoms. The van der Waals surface area contributed by atoms with Crippen LogP contribution < -0.4 is 5.32 Å². The monoisotopic (exact) mass is 286 g/mol. The number of hydrogen-bond acceptors (Lipinski definition) is 3. The highest BCUT2D eigenvalue weighted by molar-refractivity contribution is 7.22. The Hall–Kier alpha value is -1.94. The number of rotatable bonds is 3. The minimum Gasteiger partial charge on any atom is -0.355 e. The summed E-state index contributed by atoms with van der Waals surface area (Å²) >= 11 is 1.61. The van der Waals surface area contributed by atoms with E-state index < -0.39 is 0 Å². The van der Waals surface area contributed by atoms with Gasteiger partial charge in [-0.3, -0.25) is 0 Å². The van der Waals surface area contributed by atoms with Crippen molar-refractivity contribution in [1.82, 2.24) is 4.98 Å². The van der Waals surface area contributed by atoms with Crippen molar-refractivity contribution in [3.8, 4) is 0 Å². The van der Waals surface area contributed by atoms with Crippen molar-refractivity contribution in [3.63, 3.8) is 0 Å². The van der Waals surface area contributed by atoms with Crippen LogP contribution >= 0.6 is 11.3 Å². The van der Waals surface area contributed by atoms with E-state index in [0.29, 0.717) is 5.56 Å². The van der Waals surface area contributed by atoms with Crippen LogP contribution in [0.5, 0.6) is 0 Å². The molecule has 3 rings (SSSR count). The lowest BCUT2D eigenvalue weighted by Gasteiger charge is -2.13. The van der Waals surface area contributed by atoms with Gasteiger partial charge in [0.05, 0.1) is 16.3 Å². The summed E-state index contributed by atoms with van der Waals surface area (Å²) in [7, 11) is 0. The van der Waals surface area contributed by atoms with E-state index in [1.807, 2.05) is 37.3 Å².